The summed E-state index contributed by atoms with van der Waals surface area (Å²) in [6, 6.07) is 3.29. The lowest BCUT2D eigenvalue weighted by Crippen LogP contribution is -1.90. The van der Waals surface area contributed by atoms with Crippen LogP contribution in [0.4, 0.5) is 14.5 Å². The standard InChI is InChI=1S/C12H8F2N2O3/c1-7-12(16(17)18)11(15-19-7)5-3-8-2-4-9(13)10(14)6-8/h2-6H,1H3. The third-order valence-electron chi connectivity index (χ3n) is 2.42. The lowest BCUT2D eigenvalue weighted by molar-refractivity contribution is -0.386. The Hall–Kier alpha value is -2.57. The van der Waals surface area contributed by atoms with Crippen molar-refractivity contribution in [3.8, 4) is 0 Å². The molecule has 1 aromatic heterocycles. The van der Waals surface area contributed by atoms with Crippen molar-refractivity contribution in [3.63, 3.8) is 0 Å². The van der Waals surface area contributed by atoms with E-state index in [-0.39, 0.29) is 17.1 Å². The van der Waals surface area contributed by atoms with Gasteiger partial charge in [0.1, 0.15) is 0 Å². The van der Waals surface area contributed by atoms with E-state index in [1.165, 1.54) is 25.1 Å². The minimum Gasteiger partial charge on any atom is -0.354 e. The van der Waals surface area contributed by atoms with Crippen LogP contribution in [0.2, 0.25) is 0 Å². The zero-order chi connectivity index (χ0) is 14.0. The van der Waals surface area contributed by atoms with Crippen LogP contribution in [-0.4, -0.2) is 10.1 Å². The van der Waals surface area contributed by atoms with E-state index >= 15 is 0 Å². The zero-order valence-corrected chi connectivity index (χ0v) is 9.76. The highest BCUT2D eigenvalue weighted by Gasteiger charge is 2.21. The van der Waals surface area contributed by atoms with Gasteiger partial charge in [-0.25, -0.2) is 8.78 Å². The van der Waals surface area contributed by atoms with Crippen molar-refractivity contribution >= 4 is 17.8 Å². The summed E-state index contributed by atoms with van der Waals surface area (Å²) in [6.07, 6.45) is 2.69. The number of aromatic nitrogens is 1. The van der Waals surface area contributed by atoms with Gasteiger partial charge >= 0.3 is 5.69 Å². The van der Waals surface area contributed by atoms with Crippen LogP contribution in [0, 0.1) is 28.7 Å². The number of rotatable bonds is 3. The smallest absolute Gasteiger partial charge is 0.338 e. The molecule has 0 amide bonds. The minimum absolute atomic E-state index is 0.0206. The van der Waals surface area contributed by atoms with E-state index in [0.717, 1.165) is 12.1 Å². The fourth-order valence-electron chi connectivity index (χ4n) is 1.51. The topological polar surface area (TPSA) is 69.2 Å². The molecule has 0 saturated heterocycles. The molecule has 5 nitrogen and oxygen atoms in total. The van der Waals surface area contributed by atoms with Crippen molar-refractivity contribution in [3.05, 3.63) is 57.0 Å². The Bertz CT molecular complexity index is 665. The van der Waals surface area contributed by atoms with Gasteiger partial charge in [0.2, 0.25) is 5.76 Å². The molecule has 2 aromatic rings. The van der Waals surface area contributed by atoms with Crippen molar-refractivity contribution < 1.29 is 18.2 Å². The maximum atomic E-state index is 13.0. The van der Waals surface area contributed by atoms with E-state index in [2.05, 4.69) is 5.16 Å². The summed E-state index contributed by atoms with van der Waals surface area (Å²) >= 11 is 0. The molecule has 0 radical (unpaired) electrons. The van der Waals surface area contributed by atoms with Gasteiger partial charge in [-0.3, -0.25) is 10.1 Å². The van der Waals surface area contributed by atoms with Crippen LogP contribution in [0.3, 0.4) is 0 Å². The number of halogens is 2. The molecule has 98 valence electrons. The van der Waals surface area contributed by atoms with Gasteiger partial charge in [0, 0.05) is 6.92 Å². The zero-order valence-electron chi connectivity index (χ0n) is 9.76. The molecule has 0 aliphatic rings. The summed E-state index contributed by atoms with van der Waals surface area (Å²) in [5.74, 6) is -1.87. The molecular weight excluding hydrogens is 258 g/mol. The van der Waals surface area contributed by atoms with Crippen LogP contribution in [0.15, 0.2) is 22.7 Å². The Morgan fingerprint density at radius 2 is 2.05 bits per heavy atom. The molecule has 1 heterocycles. The summed E-state index contributed by atoms with van der Waals surface area (Å²) in [5.41, 5.74) is 0.125. The number of nitrogens with zero attached hydrogens (tertiary/aromatic N) is 2. The summed E-state index contributed by atoms with van der Waals surface area (Å²) in [4.78, 5) is 10.2. The molecule has 0 saturated carbocycles. The molecule has 2 rings (SSSR count). The van der Waals surface area contributed by atoms with Crippen molar-refractivity contribution in [1.29, 1.82) is 0 Å². The van der Waals surface area contributed by atoms with Gasteiger partial charge in [-0.2, -0.15) is 0 Å². The van der Waals surface area contributed by atoms with Crippen LogP contribution in [0.25, 0.3) is 12.2 Å². The number of hydrogen-bond acceptors (Lipinski definition) is 4. The number of hydrogen-bond donors (Lipinski definition) is 0. The van der Waals surface area contributed by atoms with Gasteiger partial charge in [-0.05, 0) is 23.8 Å². The SMILES string of the molecule is Cc1onc(C=Cc2ccc(F)c(F)c2)c1[N+](=O)[O-]. The van der Waals surface area contributed by atoms with Gasteiger partial charge in [-0.1, -0.05) is 17.3 Å². The minimum atomic E-state index is -0.993. The highest BCUT2D eigenvalue weighted by Crippen LogP contribution is 2.24. The third kappa shape index (κ3) is 2.65. The van der Waals surface area contributed by atoms with Crippen molar-refractivity contribution in [2.75, 3.05) is 0 Å². The second-order valence-electron chi connectivity index (χ2n) is 3.74. The summed E-state index contributed by atoms with van der Waals surface area (Å²) in [5, 5.41) is 14.3. The van der Waals surface area contributed by atoms with Crippen LogP contribution < -0.4 is 0 Å². The average molecular weight is 266 g/mol. The molecule has 0 unspecified atom stereocenters. The molecule has 0 aliphatic heterocycles. The quantitative estimate of drug-likeness (QED) is 0.631. The lowest BCUT2D eigenvalue weighted by atomic mass is 10.2. The maximum Gasteiger partial charge on any atom is 0.338 e. The molecule has 0 fully saturated rings. The van der Waals surface area contributed by atoms with Gasteiger partial charge in [0.15, 0.2) is 17.3 Å². The van der Waals surface area contributed by atoms with Crippen molar-refractivity contribution in [2.45, 2.75) is 6.92 Å². The van der Waals surface area contributed by atoms with Crippen molar-refractivity contribution in [2.24, 2.45) is 0 Å². The average Bonchev–Trinajstić information content (AvgIpc) is 2.72. The van der Waals surface area contributed by atoms with Gasteiger partial charge in [-0.15, -0.1) is 0 Å². The van der Waals surface area contributed by atoms with E-state index < -0.39 is 16.6 Å². The summed E-state index contributed by atoms with van der Waals surface area (Å²) in [7, 11) is 0. The summed E-state index contributed by atoms with van der Waals surface area (Å²) < 4.78 is 30.4. The fourth-order valence-corrected chi connectivity index (χ4v) is 1.51. The Kier molecular flexibility index (Phi) is 3.37. The molecule has 0 atom stereocenters. The number of aryl methyl sites for hydroxylation is 1. The maximum absolute atomic E-state index is 13.0. The first kappa shape index (κ1) is 12.9. The first-order valence-corrected chi connectivity index (χ1v) is 5.23. The van der Waals surface area contributed by atoms with Gasteiger partial charge in [0.25, 0.3) is 0 Å². The van der Waals surface area contributed by atoms with Crippen molar-refractivity contribution in [1.82, 2.24) is 5.16 Å². The first-order chi connectivity index (χ1) is 8.99. The molecule has 19 heavy (non-hydrogen) atoms. The largest absolute Gasteiger partial charge is 0.354 e. The molecule has 0 spiro atoms. The Morgan fingerprint density at radius 3 is 2.68 bits per heavy atom. The second-order valence-corrected chi connectivity index (χ2v) is 3.74. The van der Waals surface area contributed by atoms with Gasteiger partial charge in [0.05, 0.1) is 4.92 Å². The predicted molar refractivity (Wildman–Crippen MR) is 63.2 cm³/mol. The highest BCUT2D eigenvalue weighted by atomic mass is 19.2. The Balaban J connectivity index is 2.32. The Morgan fingerprint density at radius 1 is 1.32 bits per heavy atom. The van der Waals surface area contributed by atoms with E-state index in [0.29, 0.717) is 5.56 Å². The number of benzene rings is 1. The van der Waals surface area contributed by atoms with Gasteiger partial charge < -0.3 is 4.52 Å². The van der Waals surface area contributed by atoms with Crippen LogP contribution >= 0.6 is 0 Å². The van der Waals surface area contributed by atoms with E-state index in [4.69, 9.17) is 4.52 Å². The van der Waals surface area contributed by atoms with Crippen LogP contribution in [0.1, 0.15) is 17.0 Å². The first-order valence-electron chi connectivity index (χ1n) is 5.23. The predicted octanol–water partition coefficient (Wildman–Crippen LogP) is 3.34. The second kappa shape index (κ2) is 4.97. The van der Waals surface area contributed by atoms with E-state index in [1.54, 1.807) is 0 Å². The Labute approximate surface area is 106 Å². The molecular formula is C12H8F2N2O3. The third-order valence-corrected chi connectivity index (χ3v) is 2.42. The molecule has 0 aliphatic carbocycles. The fraction of sp³-hybridized carbons (Fsp3) is 0.0833. The molecule has 0 bridgehead atoms. The molecule has 1 aromatic carbocycles. The number of nitro groups is 1. The van der Waals surface area contributed by atoms with E-state index in [9.17, 15) is 18.9 Å². The van der Waals surface area contributed by atoms with Crippen LogP contribution in [-0.2, 0) is 0 Å². The van der Waals surface area contributed by atoms with E-state index in [1.807, 2.05) is 0 Å². The highest BCUT2D eigenvalue weighted by molar-refractivity contribution is 5.72. The molecule has 0 N–H and O–H groups in total. The summed E-state index contributed by atoms with van der Waals surface area (Å²) in [6.45, 7) is 1.42. The van der Waals surface area contributed by atoms with Crippen LogP contribution in [0.5, 0.6) is 0 Å². The molecule has 7 heteroatoms. The lowest BCUT2D eigenvalue weighted by Gasteiger charge is -1.94. The monoisotopic (exact) mass is 266 g/mol. The normalized spacial score (nSPS) is 11.1.